The predicted molar refractivity (Wildman–Crippen MR) is 82.0 cm³/mol. The Labute approximate surface area is 130 Å². The molecule has 4 aliphatic rings. The Kier molecular flexibility index (Phi) is 3.02. The predicted octanol–water partition coefficient (Wildman–Crippen LogP) is 3.96. The molecule has 0 saturated heterocycles. The average molecular weight is 302 g/mol. The van der Waals surface area contributed by atoms with Gasteiger partial charge in [-0.15, -0.1) is 0 Å². The van der Waals surface area contributed by atoms with E-state index in [1.165, 1.54) is 16.7 Å². The van der Waals surface area contributed by atoms with E-state index in [1.54, 1.807) is 0 Å². The number of hydrogen-bond donors (Lipinski definition) is 0. The van der Waals surface area contributed by atoms with Crippen LogP contribution in [0.25, 0.3) is 0 Å². The molecule has 0 radical (unpaired) electrons. The van der Waals surface area contributed by atoms with E-state index >= 15 is 0 Å². The topological polar surface area (TPSA) is 34.1 Å². The molecule has 0 spiro atoms. The van der Waals surface area contributed by atoms with Crippen molar-refractivity contribution in [1.82, 2.24) is 0 Å². The summed E-state index contributed by atoms with van der Waals surface area (Å²) in [5.41, 5.74) is 3.44. The Bertz CT molecular complexity index is 629. The van der Waals surface area contributed by atoms with Crippen LogP contribution in [0.1, 0.15) is 52.4 Å². The van der Waals surface area contributed by atoms with Gasteiger partial charge in [-0.1, -0.05) is 12.5 Å². The number of ketones is 2. The number of fused-ring (bicyclic) bond motifs is 4. The van der Waals surface area contributed by atoms with Gasteiger partial charge in [0.15, 0.2) is 17.7 Å². The molecule has 2 nitrogen and oxygen atoms in total. The summed E-state index contributed by atoms with van der Waals surface area (Å²) in [5.74, 6) is 1.02. The van der Waals surface area contributed by atoms with Gasteiger partial charge in [-0.25, -0.2) is 4.39 Å². The lowest BCUT2D eigenvalue weighted by Crippen LogP contribution is -2.42. The van der Waals surface area contributed by atoms with Crippen molar-refractivity contribution in [2.45, 2.75) is 58.5 Å². The molecule has 0 aromatic carbocycles. The van der Waals surface area contributed by atoms with Crippen LogP contribution in [0.2, 0.25) is 0 Å². The third-order valence-electron chi connectivity index (χ3n) is 6.92. The summed E-state index contributed by atoms with van der Waals surface area (Å²) in [6.07, 6.45) is 5.20. The molecule has 22 heavy (non-hydrogen) atoms. The highest BCUT2D eigenvalue weighted by molar-refractivity contribution is 5.93. The Morgan fingerprint density at radius 2 is 2.00 bits per heavy atom. The van der Waals surface area contributed by atoms with E-state index in [4.69, 9.17) is 0 Å². The fraction of sp³-hybridized carbons (Fsp3) is 0.684. The molecule has 2 saturated carbocycles. The Hall–Kier alpha value is -1.25. The average Bonchev–Trinajstić information content (AvgIpc) is 2.72. The molecule has 0 aliphatic heterocycles. The van der Waals surface area contributed by atoms with Crippen LogP contribution in [-0.4, -0.2) is 17.7 Å². The quantitative estimate of drug-likeness (QED) is 0.679. The summed E-state index contributed by atoms with van der Waals surface area (Å²) >= 11 is 0. The standard InChI is InChI=1S/C19H23FO2/c1-10-13-5-6-19(2)16(9-17(20)18(19)22)15(13)7-11-3-4-12(21)8-14(10)11/h8,11,15-17H,3-7,9H2,1-2H3. The van der Waals surface area contributed by atoms with E-state index in [1.807, 2.05) is 13.0 Å². The maximum atomic E-state index is 14.1. The summed E-state index contributed by atoms with van der Waals surface area (Å²) in [5, 5.41) is 0. The summed E-state index contributed by atoms with van der Waals surface area (Å²) < 4.78 is 14.1. The van der Waals surface area contributed by atoms with Crippen molar-refractivity contribution in [3.05, 3.63) is 22.8 Å². The van der Waals surface area contributed by atoms with Gasteiger partial charge in [0.05, 0.1) is 0 Å². The second-order valence-electron chi connectivity index (χ2n) is 7.89. The molecule has 0 N–H and O–H groups in total. The molecule has 0 amide bonds. The van der Waals surface area contributed by atoms with Crippen molar-refractivity contribution in [1.29, 1.82) is 0 Å². The van der Waals surface area contributed by atoms with Gasteiger partial charge in [-0.05, 0) is 74.0 Å². The molecule has 0 bridgehead atoms. The summed E-state index contributed by atoms with van der Waals surface area (Å²) in [6, 6.07) is 0. The van der Waals surface area contributed by atoms with Crippen LogP contribution in [0.5, 0.6) is 0 Å². The third-order valence-corrected chi connectivity index (χ3v) is 6.92. The summed E-state index contributed by atoms with van der Waals surface area (Å²) in [6.45, 7) is 4.12. The molecule has 2 fully saturated rings. The normalized spacial score (nSPS) is 44.4. The van der Waals surface area contributed by atoms with Crippen LogP contribution in [0, 0.1) is 23.2 Å². The first-order valence-corrected chi connectivity index (χ1v) is 8.54. The van der Waals surface area contributed by atoms with Gasteiger partial charge in [-0.2, -0.15) is 0 Å². The van der Waals surface area contributed by atoms with Gasteiger partial charge in [-0.3, -0.25) is 9.59 Å². The second kappa shape index (κ2) is 4.62. The molecule has 3 heteroatoms. The summed E-state index contributed by atoms with van der Waals surface area (Å²) in [4.78, 5) is 24.0. The highest BCUT2D eigenvalue weighted by Crippen LogP contribution is 2.59. The maximum absolute atomic E-state index is 14.1. The Balaban J connectivity index is 1.77. The molecular weight excluding hydrogens is 279 g/mol. The van der Waals surface area contributed by atoms with Gasteiger partial charge in [0, 0.05) is 11.8 Å². The van der Waals surface area contributed by atoms with E-state index in [-0.39, 0.29) is 17.5 Å². The zero-order valence-corrected chi connectivity index (χ0v) is 13.3. The van der Waals surface area contributed by atoms with Gasteiger partial charge >= 0.3 is 0 Å². The highest BCUT2D eigenvalue weighted by Gasteiger charge is 2.58. The molecule has 0 aromatic rings. The van der Waals surface area contributed by atoms with Gasteiger partial charge in [0.25, 0.3) is 0 Å². The van der Waals surface area contributed by atoms with Gasteiger partial charge < -0.3 is 0 Å². The van der Waals surface area contributed by atoms with Crippen molar-refractivity contribution < 1.29 is 14.0 Å². The van der Waals surface area contributed by atoms with Crippen LogP contribution < -0.4 is 0 Å². The molecule has 0 heterocycles. The van der Waals surface area contributed by atoms with Crippen molar-refractivity contribution in [3.8, 4) is 0 Å². The first-order chi connectivity index (χ1) is 10.4. The van der Waals surface area contributed by atoms with E-state index < -0.39 is 11.6 Å². The Morgan fingerprint density at radius 1 is 1.23 bits per heavy atom. The number of halogens is 1. The van der Waals surface area contributed by atoms with E-state index in [9.17, 15) is 14.0 Å². The molecule has 0 aromatic heterocycles. The van der Waals surface area contributed by atoms with E-state index in [0.29, 0.717) is 24.7 Å². The minimum atomic E-state index is -1.26. The number of hydrogen-bond acceptors (Lipinski definition) is 2. The highest BCUT2D eigenvalue weighted by atomic mass is 19.1. The van der Waals surface area contributed by atoms with Crippen LogP contribution in [0.15, 0.2) is 22.8 Å². The number of Topliss-reactive ketones (excluding diaryl/α,β-unsaturated/α-hetero) is 1. The lowest BCUT2D eigenvalue weighted by Gasteiger charge is -2.47. The molecule has 118 valence electrons. The fourth-order valence-electron chi connectivity index (χ4n) is 5.63. The molecule has 5 atom stereocenters. The first kappa shape index (κ1) is 14.3. The van der Waals surface area contributed by atoms with Crippen molar-refractivity contribution in [2.24, 2.45) is 23.2 Å². The number of allylic oxidation sites excluding steroid dienone is 4. The van der Waals surface area contributed by atoms with Crippen LogP contribution >= 0.6 is 0 Å². The van der Waals surface area contributed by atoms with Crippen molar-refractivity contribution >= 4 is 11.6 Å². The van der Waals surface area contributed by atoms with Gasteiger partial charge in [0.2, 0.25) is 0 Å². The zero-order valence-electron chi connectivity index (χ0n) is 13.3. The summed E-state index contributed by atoms with van der Waals surface area (Å²) in [7, 11) is 0. The largest absolute Gasteiger partial charge is 0.296 e. The minimum absolute atomic E-state index is 0.158. The van der Waals surface area contributed by atoms with Gasteiger partial charge in [0.1, 0.15) is 0 Å². The van der Waals surface area contributed by atoms with E-state index in [0.717, 1.165) is 25.7 Å². The third kappa shape index (κ3) is 1.77. The first-order valence-electron chi connectivity index (χ1n) is 8.54. The smallest absolute Gasteiger partial charge is 0.173 e. The fourth-order valence-corrected chi connectivity index (χ4v) is 5.63. The van der Waals surface area contributed by atoms with E-state index in [2.05, 4.69) is 6.92 Å². The van der Waals surface area contributed by atoms with Crippen LogP contribution in [0.3, 0.4) is 0 Å². The van der Waals surface area contributed by atoms with Crippen LogP contribution in [0.4, 0.5) is 4.39 Å². The zero-order chi connectivity index (χ0) is 15.6. The molecule has 4 aliphatic carbocycles. The Morgan fingerprint density at radius 3 is 2.77 bits per heavy atom. The number of rotatable bonds is 0. The lowest BCUT2D eigenvalue weighted by atomic mass is 9.56. The molecule has 4 rings (SSSR count). The number of carbonyl (C=O) groups is 2. The SMILES string of the molecule is CC1=C2CCC3(C)C(=O)C(F)CC3C2CC2CCC(=O)C=C12. The van der Waals surface area contributed by atoms with Crippen molar-refractivity contribution in [3.63, 3.8) is 0 Å². The molecule has 5 unspecified atom stereocenters. The second-order valence-corrected chi connectivity index (χ2v) is 7.89. The van der Waals surface area contributed by atoms with Crippen molar-refractivity contribution in [2.75, 3.05) is 0 Å². The monoisotopic (exact) mass is 302 g/mol. The number of carbonyl (C=O) groups excluding carboxylic acids is 2. The number of alkyl halides is 1. The lowest BCUT2D eigenvalue weighted by molar-refractivity contribution is -0.131. The minimum Gasteiger partial charge on any atom is -0.296 e. The molecular formula is C19H23FO2. The van der Waals surface area contributed by atoms with Crippen LogP contribution in [-0.2, 0) is 9.59 Å². The maximum Gasteiger partial charge on any atom is 0.173 e.